The summed E-state index contributed by atoms with van der Waals surface area (Å²) >= 11 is 0. The van der Waals surface area contributed by atoms with Gasteiger partial charge >= 0.3 is 0 Å². The molecule has 6 nitrogen and oxygen atoms in total. The van der Waals surface area contributed by atoms with E-state index in [4.69, 9.17) is 10.5 Å². The van der Waals surface area contributed by atoms with Crippen LogP contribution in [0.2, 0.25) is 0 Å². The number of rotatable bonds is 4. The lowest BCUT2D eigenvalue weighted by Gasteiger charge is -2.49. The van der Waals surface area contributed by atoms with Crippen molar-refractivity contribution in [1.82, 2.24) is 19.6 Å². The maximum atomic E-state index is 6.54. The van der Waals surface area contributed by atoms with Gasteiger partial charge in [-0.25, -0.2) is 0 Å². The van der Waals surface area contributed by atoms with Gasteiger partial charge < -0.3 is 10.5 Å². The molecule has 3 fully saturated rings. The van der Waals surface area contributed by atoms with E-state index < -0.39 is 0 Å². The minimum atomic E-state index is -0.0412. The third kappa shape index (κ3) is 2.13. The van der Waals surface area contributed by atoms with Crippen LogP contribution in [0.25, 0.3) is 0 Å². The average molecular weight is 265 g/mol. The molecular weight excluding hydrogens is 242 g/mol. The van der Waals surface area contributed by atoms with Crippen molar-refractivity contribution in [2.45, 2.75) is 25.6 Å². The molecule has 2 unspecified atom stereocenters. The number of hydrogen-bond acceptors (Lipinski definition) is 5. The van der Waals surface area contributed by atoms with Crippen LogP contribution in [-0.2, 0) is 6.54 Å². The van der Waals surface area contributed by atoms with Crippen molar-refractivity contribution < 1.29 is 4.74 Å². The lowest BCUT2D eigenvalue weighted by molar-refractivity contribution is 0.000737. The lowest BCUT2D eigenvalue weighted by Crippen LogP contribution is -2.63. The average Bonchev–Trinajstić information content (AvgIpc) is 2.90. The molecule has 2 atom stereocenters. The highest BCUT2D eigenvalue weighted by Crippen LogP contribution is 2.30. The van der Waals surface area contributed by atoms with Crippen LogP contribution < -0.4 is 10.5 Å². The second-order valence-electron chi connectivity index (χ2n) is 5.34. The van der Waals surface area contributed by atoms with Crippen LogP contribution in [0.1, 0.15) is 18.7 Å². The van der Waals surface area contributed by atoms with Gasteiger partial charge in [-0.05, 0) is 6.92 Å². The summed E-state index contributed by atoms with van der Waals surface area (Å²) in [6.45, 7) is 8.56. The first-order chi connectivity index (χ1) is 9.24. The topological polar surface area (TPSA) is 59.6 Å². The van der Waals surface area contributed by atoms with E-state index in [1.165, 1.54) is 13.1 Å². The molecule has 2 N–H and O–H groups in total. The summed E-state index contributed by atoms with van der Waals surface area (Å²) in [7, 11) is 1.68. The first-order valence-electron chi connectivity index (χ1n) is 7.06. The van der Waals surface area contributed by atoms with E-state index in [1.54, 1.807) is 13.3 Å². The van der Waals surface area contributed by atoms with Gasteiger partial charge in [0.2, 0.25) is 0 Å². The van der Waals surface area contributed by atoms with E-state index in [1.807, 2.05) is 4.68 Å². The van der Waals surface area contributed by atoms with Gasteiger partial charge in [-0.2, -0.15) is 5.10 Å². The van der Waals surface area contributed by atoms with Crippen LogP contribution in [0, 0.1) is 0 Å². The van der Waals surface area contributed by atoms with Gasteiger partial charge in [0.1, 0.15) is 0 Å². The smallest absolute Gasteiger partial charge is 0.161 e. The number of piperazine rings is 3. The van der Waals surface area contributed by atoms with E-state index in [0.29, 0.717) is 6.04 Å². The number of hydrogen-bond donors (Lipinski definition) is 1. The number of aromatic nitrogens is 2. The molecule has 1 aromatic rings. The van der Waals surface area contributed by atoms with Gasteiger partial charge in [-0.15, -0.1) is 0 Å². The first kappa shape index (κ1) is 12.9. The fourth-order valence-electron chi connectivity index (χ4n) is 3.30. The van der Waals surface area contributed by atoms with E-state index in [-0.39, 0.29) is 6.04 Å². The Morgan fingerprint density at radius 1 is 1.42 bits per heavy atom. The highest BCUT2D eigenvalue weighted by atomic mass is 16.5. The van der Waals surface area contributed by atoms with Crippen LogP contribution >= 0.6 is 0 Å². The van der Waals surface area contributed by atoms with Crippen molar-refractivity contribution in [2.75, 3.05) is 39.8 Å². The fraction of sp³-hybridized carbons (Fsp3) is 0.769. The van der Waals surface area contributed by atoms with Crippen molar-refractivity contribution >= 4 is 0 Å². The highest BCUT2D eigenvalue weighted by Gasteiger charge is 2.38. The van der Waals surface area contributed by atoms with Crippen LogP contribution in [0.15, 0.2) is 6.20 Å². The zero-order valence-corrected chi connectivity index (χ0v) is 11.7. The molecule has 2 bridgehead atoms. The normalized spacial score (nSPS) is 31.4. The van der Waals surface area contributed by atoms with Crippen molar-refractivity contribution in [3.8, 4) is 5.75 Å². The summed E-state index contributed by atoms with van der Waals surface area (Å²) in [6, 6.07) is 0.332. The second kappa shape index (κ2) is 5.11. The molecule has 0 aliphatic carbocycles. The van der Waals surface area contributed by atoms with E-state index >= 15 is 0 Å². The standard InChI is InChI=1S/C13H23N5O/c1-3-18-13(11(19-2)8-15-18)12(14)10-9-16-4-6-17(10)7-5-16/h8,10,12H,3-7,9,14H2,1-2H3. The minimum Gasteiger partial charge on any atom is -0.493 e. The summed E-state index contributed by atoms with van der Waals surface area (Å²) in [5.74, 6) is 0.812. The number of aryl methyl sites for hydroxylation is 1. The summed E-state index contributed by atoms with van der Waals surface area (Å²) in [6.07, 6.45) is 1.77. The second-order valence-corrected chi connectivity index (χ2v) is 5.34. The molecular formula is C13H23N5O. The largest absolute Gasteiger partial charge is 0.493 e. The third-order valence-electron chi connectivity index (χ3n) is 4.42. The first-order valence-corrected chi connectivity index (χ1v) is 7.06. The third-order valence-corrected chi connectivity index (χ3v) is 4.42. The minimum absolute atomic E-state index is 0.0412. The monoisotopic (exact) mass is 265 g/mol. The number of methoxy groups -OCH3 is 1. The van der Waals surface area contributed by atoms with Gasteiger partial charge in [0, 0.05) is 45.3 Å². The van der Waals surface area contributed by atoms with E-state index in [0.717, 1.165) is 37.6 Å². The zero-order chi connectivity index (χ0) is 13.4. The molecule has 106 valence electrons. The fourth-order valence-corrected chi connectivity index (χ4v) is 3.30. The number of ether oxygens (including phenoxy) is 1. The quantitative estimate of drug-likeness (QED) is 0.824. The Labute approximate surface area is 114 Å². The lowest BCUT2D eigenvalue weighted by atomic mass is 9.98. The predicted octanol–water partition coefficient (Wildman–Crippen LogP) is -0.0888. The molecule has 3 saturated heterocycles. The molecule has 19 heavy (non-hydrogen) atoms. The summed E-state index contributed by atoms with van der Waals surface area (Å²) in [5.41, 5.74) is 7.58. The molecule has 3 aliphatic heterocycles. The van der Waals surface area contributed by atoms with Crippen LogP contribution in [0.5, 0.6) is 5.75 Å². The molecule has 1 aromatic heterocycles. The van der Waals surface area contributed by atoms with Gasteiger partial charge in [0.25, 0.3) is 0 Å². The van der Waals surface area contributed by atoms with Gasteiger partial charge in [-0.1, -0.05) is 0 Å². The molecule has 3 aliphatic rings. The van der Waals surface area contributed by atoms with Gasteiger partial charge in [0.05, 0.1) is 25.0 Å². The van der Waals surface area contributed by atoms with E-state index in [9.17, 15) is 0 Å². The van der Waals surface area contributed by atoms with Crippen molar-refractivity contribution in [1.29, 1.82) is 0 Å². The molecule has 6 heteroatoms. The van der Waals surface area contributed by atoms with Gasteiger partial charge in [-0.3, -0.25) is 14.5 Å². The molecule has 0 aromatic carbocycles. The van der Waals surface area contributed by atoms with Crippen LogP contribution in [-0.4, -0.2) is 65.5 Å². The Morgan fingerprint density at radius 3 is 2.68 bits per heavy atom. The molecule has 4 rings (SSSR count). The Morgan fingerprint density at radius 2 is 2.16 bits per heavy atom. The molecule has 0 radical (unpaired) electrons. The van der Waals surface area contributed by atoms with Crippen molar-refractivity contribution in [3.05, 3.63) is 11.9 Å². The Balaban J connectivity index is 1.87. The Bertz CT molecular complexity index is 417. The van der Waals surface area contributed by atoms with Crippen molar-refractivity contribution in [3.63, 3.8) is 0 Å². The molecule has 4 heterocycles. The summed E-state index contributed by atoms with van der Waals surface area (Å²) in [4.78, 5) is 5.01. The summed E-state index contributed by atoms with van der Waals surface area (Å²) < 4.78 is 7.38. The van der Waals surface area contributed by atoms with Crippen molar-refractivity contribution in [2.24, 2.45) is 5.73 Å². The predicted molar refractivity (Wildman–Crippen MR) is 73.2 cm³/mol. The van der Waals surface area contributed by atoms with E-state index in [2.05, 4.69) is 21.8 Å². The molecule has 0 amide bonds. The zero-order valence-electron chi connectivity index (χ0n) is 11.7. The SMILES string of the molecule is CCn1ncc(OC)c1C(N)C1CN2CCN1CC2. The molecule has 0 spiro atoms. The Kier molecular flexibility index (Phi) is 3.47. The maximum absolute atomic E-state index is 6.54. The Hall–Kier alpha value is -1.11. The number of nitrogens with zero attached hydrogens (tertiary/aromatic N) is 4. The number of nitrogens with two attached hydrogens (primary N) is 1. The van der Waals surface area contributed by atoms with Crippen LogP contribution in [0.4, 0.5) is 0 Å². The highest BCUT2D eigenvalue weighted by molar-refractivity contribution is 5.29. The van der Waals surface area contributed by atoms with Gasteiger partial charge in [0.15, 0.2) is 5.75 Å². The molecule has 0 saturated carbocycles. The summed E-state index contributed by atoms with van der Waals surface area (Å²) in [5, 5.41) is 4.36. The van der Waals surface area contributed by atoms with Crippen LogP contribution in [0.3, 0.4) is 0 Å². The maximum Gasteiger partial charge on any atom is 0.161 e. The number of fused-ring (bicyclic) bond motifs is 3.